The standard InChI is InChI=1S/C10H12F2N2.ClH/c11-8-3-1-2-7(10(8)12)9-6-13-4-5-14-9;/h1-3,9,13-14H,4-6H2;1H/t9-;/m0./s1. The number of benzene rings is 1. The van der Waals surface area contributed by atoms with Crippen LogP contribution in [0.5, 0.6) is 0 Å². The summed E-state index contributed by atoms with van der Waals surface area (Å²) >= 11 is 0. The lowest BCUT2D eigenvalue weighted by atomic mass is 10.0. The number of hydrogen-bond acceptors (Lipinski definition) is 2. The first-order valence-corrected chi connectivity index (χ1v) is 4.67. The van der Waals surface area contributed by atoms with Crippen molar-refractivity contribution in [1.29, 1.82) is 0 Å². The maximum Gasteiger partial charge on any atom is 0.163 e. The molecule has 0 unspecified atom stereocenters. The molecule has 2 nitrogen and oxygen atoms in total. The van der Waals surface area contributed by atoms with Gasteiger partial charge in [0.2, 0.25) is 0 Å². The van der Waals surface area contributed by atoms with Crippen molar-refractivity contribution >= 4 is 12.4 Å². The summed E-state index contributed by atoms with van der Waals surface area (Å²) in [6.45, 7) is 2.29. The first-order valence-electron chi connectivity index (χ1n) is 4.67. The Morgan fingerprint density at radius 3 is 2.67 bits per heavy atom. The number of halogens is 3. The summed E-state index contributed by atoms with van der Waals surface area (Å²) < 4.78 is 26.3. The second-order valence-corrected chi connectivity index (χ2v) is 3.35. The third kappa shape index (κ3) is 2.65. The minimum atomic E-state index is -0.783. The van der Waals surface area contributed by atoms with Crippen LogP contribution in [0.1, 0.15) is 11.6 Å². The minimum Gasteiger partial charge on any atom is -0.314 e. The Labute approximate surface area is 93.5 Å². The van der Waals surface area contributed by atoms with Gasteiger partial charge in [0, 0.05) is 31.2 Å². The van der Waals surface area contributed by atoms with E-state index in [2.05, 4.69) is 10.6 Å². The van der Waals surface area contributed by atoms with E-state index in [1.807, 2.05) is 0 Å². The zero-order valence-corrected chi connectivity index (χ0v) is 8.91. The molecule has 0 aliphatic carbocycles. The number of nitrogens with one attached hydrogen (secondary N) is 2. The summed E-state index contributed by atoms with van der Waals surface area (Å²) in [6, 6.07) is 4.15. The molecule has 1 atom stereocenters. The van der Waals surface area contributed by atoms with Gasteiger partial charge in [-0.2, -0.15) is 0 Å². The topological polar surface area (TPSA) is 24.1 Å². The van der Waals surface area contributed by atoms with E-state index in [-0.39, 0.29) is 18.4 Å². The summed E-state index contributed by atoms with van der Waals surface area (Å²) in [5.74, 6) is -1.52. The summed E-state index contributed by atoms with van der Waals surface area (Å²) in [6.07, 6.45) is 0. The van der Waals surface area contributed by atoms with Gasteiger partial charge in [-0.25, -0.2) is 8.78 Å². The fraction of sp³-hybridized carbons (Fsp3) is 0.400. The van der Waals surface area contributed by atoms with Gasteiger partial charge in [0.1, 0.15) is 0 Å². The normalized spacial score (nSPS) is 20.8. The van der Waals surface area contributed by atoms with Gasteiger partial charge in [-0.3, -0.25) is 0 Å². The first kappa shape index (κ1) is 12.4. The van der Waals surface area contributed by atoms with Gasteiger partial charge in [-0.05, 0) is 6.07 Å². The van der Waals surface area contributed by atoms with Crippen LogP contribution in [0.4, 0.5) is 8.78 Å². The highest BCUT2D eigenvalue weighted by molar-refractivity contribution is 5.85. The van der Waals surface area contributed by atoms with E-state index in [9.17, 15) is 8.78 Å². The third-order valence-electron chi connectivity index (χ3n) is 2.40. The first-order chi connectivity index (χ1) is 6.79. The molecular weight excluding hydrogens is 222 g/mol. The number of rotatable bonds is 1. The van der Waals surface area contributed by atoms with Crippen LogP contribution in [-0.4, -0.2) is 19.6 Å². The largest absolute Gasteiger partial charge is 0.314 e. The van der Waals surface area contributed by atoms with Crippen molar-refractivity contribution in [2.24, 2.45) is 0 Å². The van der Waals surface area contributed by atoms with Gasteiger partial charge in [-0.1, -0.05) is 12.1 Å². The van der Waals surface area contributed by atoms with Crippen LogP contribution < -0.4 is 10.6 Å². The number of hydrogen-bond donors (Lipinski definition) is 2. The molecule has 1 aliphatic rings. The van der Waals surface area contributed by atoms with Crippen molar-refractivity contribution in [2.45, 2.75) is 6.04 Å². The summed E-state index contributed by atoms with van der Waals surface area (Å²) in [7, 11) is 0. The summed E-state index contributed by atoms with van der Waals surface area (Å²) in [5.41, 5.74) is 0.400. The fourth-order valence-corrected chi connectivity index (χ4v) is 1.66. The van der Waals surface area contributed by atoms with Crippen LogP contribution >= 0.6 is 12.4 Å². The molecule has 0 amide bonds. The third-order valence-corrected chi connectivity index (χ3v) is 2.40. The van der Waals surface area contributed by atoms with Gasteiger partial charge in [0.25, 0.3) is 0 Å². The van der Waals surface area contributed by atoms with Crippen molar-refractivity contribution in [3.8, 4) is 0 Å². The Kier molecular flexibility index (Phi) is 4.45. The van der Waals surface area contributed by atoms with E-state index < -0.39 is 11.6 Å². The zero-order chi connectivity index (χ0) is 9.97. The SMILES string of the molecule is Cl.Fc1cccc([C@@H]2CNCCN2)c1F. The van der Waals surface area contributed by atoms with E-state index in [0.29, 0.717) is 12.1 Å². The van der Waals surface area contributed by atoms with Crippen LogP contribution in [0, 0.1) is 11.6 Å². The van der Waals surface area contributed by atoms with E-state index in [1.165, 1.54) is 6.07 Å². The number of piperazine rings is 1. The van der Waals surface area contributed by atoms with Crippen LogP contribution in [-0.2, 0) is 0 Å². The molecule has 0 aromatic heterocycles. The maximum atomic E-state index is 13.3. The molecule has 2 N–H and O–H groups in total. The Bertz CT molecular complexity index is 327. The highest BCUT2D eigenvalue weighted by Crippen LogP contribution is 2.19. The predicted octanol–water partition coefficient (Wildman–Crippen LogP) is 1.62. The molecule has 1 aromatic carbocycles. The van der Waals surface area contributed by atoms with Gasteiger partial charge < -0.3 is 10.6 Å². The van der Waals surface area contributed by atoms with Gasteiger partial charge in [0.15, 0.2) is 11.6 Å². The average Bonchev–Trinajstić information content (AvgIpc) is 2.23. The smallest absolute Gasteiger partial charge is 0.163 e. The summed E-state index contributed by atoms with van der Waals surface area (Å²) in [4.78, 5) is 0. The molecule has 1 aromatic rings. The molecular formula is C10H13ClF2N2. The molecule has 1 heterocycles. The predicted molar refractivity (Wildman–Crippen MR) is 57.2 cm³/mol. The highest BCUT2D eigenvalue weighted by atomic mass is 35.5. The molecule has 1 fully saturated rings. The molecule has 0 spiro atoms. The molecule has 5 heteroatoms. The van der Waals surface area contributed by atoms with E-state index in [1.54, 1.807) is 6.07 Å². The molecule has 2 rings (SSSR count). The Morgan fingerprint density at radius 1 is 1.20 bits per heavy atom. The minimum absolute atomic E-state index is 0. The average molecular weight is 235 g/mol. The maximum absolute atomic E-state index is 13.3. The van der Waals surface area contributed by atoms with E-state index >= 15 is 0 Å². The van der Waals surface area contributed by atoms with Crippen LogP contribution in [0.15, 0.2) is 18.2 Å². The second-order valence-electron chi connectivity index (χ2n) is 3.35. The molecule has 1 saturated heterocycles. The Balaban J connectivity index is 0.00000112. The molecule has 0 radical (unpaired) electrons. The van der Waals surface area contributed by atoms with Crippen LogP contribution in [0.3, 0.4) is 0 Å². The lowest BCUT2D eigenvalue weighted by Crippen LogP contribution is -2.43. The van der Waals surface area contributed by atoms with E-state index in [4.69, 9.17) is 0 Å². The van der Waals surface area contributed by atoms with Gasteiger partial charge in [-0.15, -0.1) is 12.4 Å². The quantitative estimate of drug-likeness (QED) is 0.772. The summed E-state index contributed by atoms with van der Waals surface area (Å²) in [5, 5.41) is 6.26. The van der Waals surface area contributed by atoms with Crippen molar-refractivity contribution < 1.29 is 8.78 Å². The Morgan fingerprint density at radius 2 is 2.00 bits per heavy atom. The molecule has 0 saturated carbocycles. The molecule has 15 heavy (non-hydrogen) atoms. The van der Waals surface area contributed by atoms with Crippen molar-refractivity contribution in [1.82, 2.24) is 10.6 Å². The molecule has 0 bridgehead atoms. The van der Waals surface area contributed by atoms with Gasteiger partial charge in [0.05, 0.1) is 0 Å². The fourth-order valence-electron chi connectivity index (χ4n) is 1.66. The molecule has 84 valence electrons. The van der Waals surface area contributed by atoms with Crippen molar-refractivity contribution in [3.05, 3.63) is 35.4 Å². The zero-order valence-electron chi connectivity index (χ0n) is 8.09. The molecule has 1 aliphatic heterocycles. The lowest BCUT2D eigenvalue weighted by Gasteiger charge is -2.25. The lowest BCUT2D eigenvalue weighted by molar-refractivity contribution is 0.406. The van der Waals surface area contributed by atoms with Crippen LogP contribution in [0.2, 0.25) is 0 Å². The van der Waals surface area contributed by atoms with Crippen molar-refractivity contribution in [3.63, 3.8) is 0 Å². The van der Waals surface area contributed by atoms with Gasteiger partial charge >= 0.3 is 0 Å². The van der Waals surface area contributed by atoms with Crippen LogP contribution in [0.25, 0.3) is 0 Å². The second kappa shape index (κ2) is 5.39. The highest BCUT2D eigenvalue weighted by Gasteiger charge is 2.19. The van der Waals surface area contributed by atoms with Crippen molar-refractivity contribution in [2.75, 3.05) is 19.6 Å². The Hall–Kier alpha value is -0.710. The van der Waals surface area contributed by atoms with E-state index in [0.717, 1.165) is 19.2 Å². The monoisotopic (exact) mass is 234 g/mol.